The first-order chi connectivity index (χ1) is 39.0. The van der Waals surface area contributed by atoms with Crippen molar-refractivity contribution >= 4 is 17.9 Å². The van der Waals surface area contributed by atoms with Gasteiger partial charge in [-0.1, -0.05) is 261 Å². The fourth-order valence-corrected chi connectivity index (χ4v) is 7.80. The number of hydrogen-bond donors (Lipinski definition) is 0. The van der Waals surface area contributed by atoms with Crippen molar-refractivity contribution in [3.8, 4) is 0 Å². The maximum atomic E-state index is 12.9. The second kappa shape index (κ2) is 65.0. The number of ether oxygens (including phenoxy) is 3. The first-order valence-corrected chi connectivity index (χ1v) is 31.3. The summed E-state index contributed by atoms with van der Waals surface area (Å²) in [6.45, 7) is 6.25. The normalized spacial score (nSPS) is 13.4. The zero-order chi connectivity index (χ0) is 57.1. The van der Waals surface area contributed by atoms with Gasteiger partial charge in [0.2, 0.25) is 0 Å². The van der Waals surface area contributed by atoms with Crippen molar-refractivity contribution in [3.63, 3.8) is 0 Å². The molecule has 1 atom stereocenters. The lowest BCUT2D eigenvalue weighted by Gasteiger charge is -2.18. The van der Waals surface area contributed by atoms with Gasteiger partial charge in [-0.15, -0.1) is 0 Å². The van der Waals surface area contributed by atoms with Crippen LogP contribution in [0.25, 0.3) is 0 Å². The topological polar surface area (TPSA) is 78.9 Å². The van der Waals surface area contributed by atoms with Crippen LogP contribution in [0.1, 0.15) is 239 Å². The Morgan fingerprint density at radius 2 is 0.544 bits per heavy atom. The molecule has 6 nitrogen and oxygen atoms in total. The predicted octanol–water partition coefficient (Wildman–Crippen LogP) is 21.7. The van der Waals surface area contributed by atoms with E-state index in [1.54, 1.807) is 6.08 Å². The van der Waals surface area contributed by atoms with Gasteiger partial charge in [-0.25, -0.2) is 0 Å². The smallest absolute Gasteiger partial charge is 0.309 e. The molecule has 0 spiro atoms. The summed E-state index contributed by atoms with van der Waals surface area (Å²) in [5.74, 6) is -1.11. The van der Waals surface area contributed by atoms with E-state index in [0.717, 1.165) is 154 Å². The van der Waals surface area contributed by atoms with Gasteiger partial charge >= 0.3 is 17.9 Å². The van der Waals surface area contributed by atoms with Crippen LogP contribution in [0.5, 0.6) is 0 Å². The standard InChI is InChI=1S/C73H112O6/c1-4-7-10-13-16-19-22-25-28-30-31-32-33-34-35-36-37-38-39-40-41-43-45-48-51-54-57-60-63-66-72(75)78-69-70(68-77-71(74)65-62-59-56-53-50-47-44-27-24-21-18-15-12-9-6-3)79-73(76)67-64-61-58-55-52-49-46-42-29-26-23-20-17-14-11-8-5-2/h7,9-10,12,16-21,25-29,31-32,34-35,37-38,40-41,44-45,48,50,53,59,62,70H,4-6,8,11,13-15,22-24,30,33,36,39,42-43,46-47,49,51-52,54-58,60-61,63-69H2,1-3H3/b10-7-,12-9-,19-16-,20-17-,21-18-,28-25-,29-26-,32-31-,35-34-,38-37-,41-40-,44-27-,48-45-,53-50-,62-59-. The summed E-state index contributed by atoms with van der Waals surface area (Å²) in [5, 5.41) is 0. The monoisotopic (exact) mass is 1080 g/mol. The third-order valence-corrected chi connectivity index (χ3v) is 12.4. The molecule has 0 amide bonds. The average Bonchev–Trinajstić information content (AvgIpc) is 3.45. The number of esters is 3. The van der Waals surface area contributed by atoms with Crippen molar-refractivity contribution in [3.05, 3.63) is 182 Å². The highest BCUT2D eigenvalue weighted by Crippen LogP contribution is 2.13. The Hall–Kier alpha value is -5.49. The molecule has 440 valence electrons. The van der Waals surface area contributed by atoms with Gasteiger partial charge in [-0.3, -0.25) is 14.4 Å². The molecule has 6 heteroatoms. The van der Waals surface area contributed by atoms with Crippen molar-refractivity contribution in [2.45, 2.75) is 245 Å². The summed E-state index contributed by atoms with van der Waals surface area (Å²) in [7, 11) is 0. The van der Waals surface area contributed by atoms with Crippen molar-refractivity contribution < 1.29 is 28.6 Å². The van der Waals surface area contributed by atoms with Gasteiger partial charge in [0.05, 0.1) is 6.42 Å². The van der Waals surface area contributed by atoms with E-state index in [4.69, 9.17) is 14.2 Å². The lowest BCUT2D eigenvalue weighted by atomic mass is 10.1. The van der Waals surface area contributed by atoms with E-state index in [0.29, 0.717) is 6.42 Å². The minimum absolute atomic E-state index is 0.111. The van der Waals surface area contributed by atoms with Crippen molar-refractivity contribution in [1.82, 2.24) is 0 Å². The highest BCUT2D eigenvalue weighted by Gasteiger charge is 2.19. The predicted molar refractivity (Wildman–Crippen MR) is 343 cm³/mol. The second-order valence-corrected chi connectivity index (χ2v) is 19.9. The molecule has 0 aliphatic rings. The number of carbonyl (C=O) groups is 3. The highest BCUT2D eigenvalue weighted by atomic mass is 16.6. The quantitative estimate of drug-likeness (QED) is 0.0261. The van der Waals surface area contributed by atoms with Gasteiger partial charge in [-0.05, 0) is 141 Å². The molecule has 0 aromatic rings. The van der Waals surface area contributed by atoms with Crippen molar-refractivity contribution in [2.24, 2.45) is 0 Å². The Morgan fingerprint density at radius 3 is 0.886 bits per heavy atom. The molecule has 0 fully saturated rings. The number of rotatable bonds is 54. The van der Waals surface area contributed by atoms with Gasteiger partial charge in [-0.2, -0.15) is 0 Å². The van der Waals surface area contributed by atoms with Crippen molar-refractivity contribution in [1.29, 1.82) is 0 Å². The van der Waals surface area contributed by atoms with Gasteiger partial charge in [0, 0.05) is 12.8 Å². The molecular formula is C73H112O6. The van der Waals surface area contributed by atoms with Crippen LogP contribution in [-0.4, -0.2) is 37.2 Å². The van der Waals surface area contributed by atoms with E-state index in [1.807, 2.05) is 6.08 Å². The molecule has 1 unspecified atom stereocenters. The van der Waals surface area contributed by atoms with Gasteiger partial charge in [0.1, 0.15) is 13.2 Å². The Bertz CT molecular complexity index is 1870. The van der Waals surface area contributed by atoms with Crippen LogP contribution in [0, 0.1) is 0 Å². The van der Waals surface area contributed by atoms with E-state index >= 15 is 0 Å². The number of allylic oxidation sites excluding steroid dienone is 29. The molecule has 0 saturated heterocycles. The Balaban J connectivity index is 4.51. The number of unbranched alkanes of at least 4 members (excludes halogenated alkanes) is 14. The zero-order valence-corrected chi connectivity index (χ0v) is 50.3. The van der Waals surface area contributed by atoms with Crippen LogP contribution in [0.2, 0.25) is 0 Å². The molecule has 0 aliphatic heterocycles. The Morgan fingerprint density at radius 1 is 0.278 bits per heavy atom. The van der Waals surface area contributed by atoms with E-state index < -0.39 is 12.1 Å². The van der Waals surface area contributed by atoms with Crippen LogP contribution in [0.15, 0.2) is 182 Å². The minimum atomic E-state index is -0.845. The third kappa shape index (κ3) is 63.2. The summed E-state index contributed by atoms with van der Waals surface area (Å²) in [4.78, 5) is 38.2. The van der Waals surface area contributed by atoms with Crippen LogP contribution < -0.4 is 0 Å². The zero-order valence-electron chi connectivity index (χ0n) is 50.3. The average molecular weight is 1090 g/mol. The van der Waals surface area contributed by atoms with E-state index in [9.17, 15) is 14.4 Å². The molecule has 0 saturated carbocycles. The molecule has 0 aromatic carbocycles. The maximum Gasteiger partial charge on any atom is 0.309 e. The van der Waals surface area contributed by atoms with E-state index in [2.05, 4.69) is 191 Å². The minimum Gasteiger partial charge on any atom is -0.462 e. The molecule has 79 heavy (non-hydrogen) atoms. The Kier molecular flexibility index (Phi) is 60.5. The number of hydrogen-bond acceptors (Lipinski definition) is 6. The van der Waals surface area contributed by atoms with Gasteiger partial charge < -0.3 is 14.2 Å². The van der Waals surface area contributed by atoms with Crippen LogP contribution in [-0.2, 0) is 28.6 Å². The first-order valence-electron chi connectivity index (χ1n) is 31.3. The lowest BCUT2D eigenvalue weighted by molar-refractivity contribution is -0.166. The molecule has 0 bridgehead atoms. The summed E-state index contributed by atoms with van der Waals surface area (Å²) in [6.07, 6.45) is 97.7. The van der Waals surface area contributed by atoms with Crippen LogP contribution in [0.4, 0.5) is 0 Å². The highest BCUT2D eigenvalue weighted by molar-refractivity contribution is 5.72. The molecule has 0 N–H and O–H groups in total. The van der Waals surface area contributed by atoms with Gasteiger partial charge in [0.15, 0.2) is 6.10 Å². The first kappa shape index (κ1) is 73.5. The van der Waals surface area contributed by atoms with Crippen LogP contribution >= 0.6 is 0 Å². The summed E-state index contributed by atoms with van der Waals surface area (Å²) in [6, 6.07) is 0. The summed E-state index contributed by atoms with van der Waals surface area (Å²) in [5.41, 5.74) is 0. The number of carbonyl (C=O) groups excluding carboxylic acids is 3. The lowest BCUT2D eigenvalue weighted by Crippen LogP contribution is -2.30. The molecule has 0 rings (SSSR count). The van der Waals surface area contributed by atoms with E-state index in [-0.39, 0.29) is 38.0 Å². The Labute approximate surface area is 484 Å². The van der Waals surface area contributed by atoms with Crippen LogP contribution in [0.3, 0.4) is 0 Å². The molecular weight excluding hydrogens is 973 g/mol. The molecule has 0 radical (unpaired) electrons. The fourth-order valence-electron chi connectivity index (χ4n) is 7.80. The largest absolute Gasteiger partial charge is 0.462 e. The second-order valence-electron chi connectivity index (χ2n) is 19.9. The summed E-state index contributed by atoms with van der Waals surface area (Å²) < 4.78 is 16.8. The molecule has 0 aliphatic carbocycles. The van der Waals surface area contributed by atoms with E-state index in [1.165, 1.54) is 44.9 Å². The van der Waals surface area contributed by atoms with Crippen molar-refractivity contribution in [2.75, 3.05) is 13.2 Å². The van der Waals surface area contributed by atoms with Gasteiger partial charge in [0.25, 0.3) is 0 Å². The fraction of sp³-hybridized carbons (Fsp3) is 0.548. The molecule has 0 heterocycles. The summed E-state index contributed by atoms with van der Waals surface area (Å²) >= 11 is 0. The molecule has 0 aromatic heterocycles. The SMILES string of the molecule is CC/C=C\C/C=C\C/C=C\C/C=C\C/C=C\C/C=C\C/C=C\C/C=C\CCCCCCC(=O)OCC(COC(=O)C/C=C\C/C=C\C/C=C\C/C=C\C/C=C\CC)OC(=O)CCCCCCCCC/C=C\C/C=C\CCCCC. The third-order valence-electron chi connectivity index (χ3n) is 12.4. The maximum absolute atomic E-state index is 12.9.